The number of H-pyrrole nitrogens is 1. The van der Waals surface area contributed by atoms with E-state index in [2.05, 4.69) is 9.97 Å². The van der Waals surface area contributed by atoms with E-state index in [1.807, 2.05) is 42.1 Å². The number of benzene rings is 2. The zero-order chi connectivity index (χ0) is 21.0. The van der Waals surface area contributed by atoms with Crippen molar-refractivity contribution in [1.29, 1.82) is 0 Å². The topological polar surface area (TPSA) is 116 Å². The Morgan fingerprint density at radius 1 is 1.17 bits per heavy atom. The van der Waals surface area contributed by atoms with Crippen molar-refractivity contribution in [1.82, 2.24) is 19.1 Å². The first-order valence-electron chi connectivity index (χ1n) is 9.31. The SMILES string of the molecule is Cn1cc(-c2c(CC(=O)O)c(O)c(O)n2-c2ccc3nc[nH]c3c2)c2ccccc21. The molecule has 3 heterocycles. The molecule has 5 aromatic rings. The number of hydrogen-bond donors (Lipinski definition) is 4. The first-order chi connectivity index (χ1) is 14.5. The van der Waals surface area contributed by atoms with Gasteiger partial charge >= 0.3 is 5.97 Å². The molecule has 8 heteroatoms. The van der Waals surface area contributed by atoms with Gasteiger partial charge < -0.3 is 24.9 Å². The summed E-state index contributed by atoms with van der Waals surface area (Å²) < 4.78 is 3.41. The summed E-state index contributed by atoms with van der Waals surface area (Å²) >= 11 is 0. The van der Waals surface area contributed by atoms with Crippen LogP contribution in [0.15, 0.2) is 55.0 Å². The Bertz CT molecular complexity index is 1440. The molecule has 30 heavy (non-hydrogen) atoms. The third-order valence-electron chi connectivity index (χ3n) is 5.36. The number of rotatable bonds is 4. The number of aromatic nitrogens is 4. The van der Waals surface area contributed by atoms with Crippen LogP contribution in [0.2, 0.25) is 0 Å². The predicted octanol–water partition coefficient (Wildman–Crippen LogP) is 3.55. The van der Waals surface area contributed by atoms with Gasteiger partial charge in [0.05, 0.1) is 35.2 Å². The molecule has 150 valence electrons. The molecule has 8 nitrogen and oxygen atoms in total. The van der Waals surface area contributed by atoms with E-state index < -0.39 is 24.0 Å². The Balaban J connectivity index is 1.88. The standard InChI is InChI=1S/C22H18N4O4/c1-25-10-15(13-4-2-3-5-18(13)25)20-14(9-19(27)28)21(29)22(30)26(20)12-6-7-16-17(8-12)24-11-23-16/h2-8,10-11,29-30H,9H2,1H3,(H,23,24)(H,27,28). The van der Waals surface area contributed by atoms with Gasteiger partial charge in [0.15, 0.2) is 5.75 Å². The summed E-state index contributed by atoms with van der Waals surface area (Å²) in [6, 6.07) is 13.1. The van der Waals surface area contributed by atoms with Crippen LogP contribution in [-0.4, -0.2) is 40.4 Å². The molecule has 3 aromatic heterocycles. The highest BCUT2D eigenvalue weighted by atomic mass is 16.4. The van der Waals surface area contributed by atoms with Crippen LogP contribution in [0.4, 0.5) is 0 Å². The minimum absolute atomic E-state index is 0.154. The van der Waals surface area contributed by atoms with Crippen LogP contribution in [0.3, 0.4) is 0 Å². The molecule has 5 rings (SSSR count). The van der Waals surface area contributed by atoms with Crippen LogP contribution in [-0.2, 0) is 18.3 Å². The third kappa shape index (κ3) is 2.54. The number of carbonyl (C=O) groups is 1. The number of fused-ring (bicyclic) bond motifs is 2. The first kappa shape index (κ1) is 17.9. The maximum atomic E-state index is 11.5. The summed E-state index contributed by atoms with van der Waals surface area (Å²) in [5.41, 5.74) is 4.33. The molecule has 4 N–H and O–H groups in total. The lowest BCUT2D eigenvalue weighted by Gasteiger charge is -2.11. The number of nitrogens with zero attached hydrogens (tertiary/aromatic N) is 3. The normalized spacial score (nSPS) is 11.5. The second-order valence-electron chi connectivity index (χ2n) is 7.18. The average Bonchev–Trinajstić information content (AvgIpc) is 3.39. The minimum atomic E-state index is -1.10. The molecule has 0 bridgehead atoms. The van der Waals surface area contributed by atoms with Gasteiger partial charge in [0.2, 0.25) is 5.88 Å². The number of aromatic hydroxyl groups is 2. The van der Waals surface area contributed by atoms with Crippen molar-refractivity contribution in [2.75, 3.05) is 0 Å². The van der Waals surface area contributed by atoms with Gasteiger partial charge in [0, 0.05) is 35.3 Å². The van der Waals surface area contributed by atoms with Crippen molar-refractivity contribution < 1.29 is 20.1 Å². The largest absolute Gasteiger partial charge is 0.503 e. The van der Waals surface area contributed by atoms with E-state index >= 15 is 0 Å². The molecule has 0 spiro atoms. The molecule has 0 amide bonds. The Labute approximate surface area is 170 Å². The van der Waals surface area contributed by atoms with E-state index in [0.29, 0.717) is 16.9 Å². The van der Waals surface area contributed by atoms with Gasteiger partial charge in [0.1, 0.15) is 0 Å². The Hall–Kier alpha value is -4.20. The van der Waals surface area contributed by atoms with Crippen LogP contribution >= 0.6 is 0 Å². The summed E-state index contributed by atoms with van der Waals surface area (Å²) in [5, 5.41) is 31.8. The lowest BCUT2D eigenvalue weighted by atomic mass is 10.0. The molecule has 0 aliphatic carbocycles. The van der Waals surface area contributed by atoms with Gasteiger partial charge in [-0.25, -0.2) is 4.98 Å². The Morgan fingerprint density at radius 3 is 2.77 bits per heavy atom. The summed E-state index contributed by atoms with van der Waals surface area (Å²) in [6.45, 7) is 0. The Morgan fingerprint density at radius 2 is 1.97 bits per heavy atom. The van der Waals surface area contributed by atoms with Crippen molar-refractivity contribution in [2.24, 2.45) is 7.05 Å². The molecule has 2 aromatic carbocycles. The Kier molecular flexibility index (Phi) is 3.82. The molecule has 0 atom stereocenters. The number of imidazole rings is 1. The number of nitrogens with one attached hydrogen (secondary N) is 1. The van der Waals surface area contributed by atoms with Gasteiger partial charge in [0.25, 0.3) is 0 Å². The number of carboxylic acids is 1. The van der Waals surface area contributed by atoms with Crippen LogP contribution < -0.4 is 0 Å². The van der Waals surface area contributed by atoms with E-state index in [-0.39, 0.29) is 5.56 Å². The van der Waals surface area contributed by atoms with Crippen molar-refractivity contribution in [3.63, 3.8) is 0 Å². The summed E-state index contributed by atoms with van der Waals surface area (Å²) in [6.07, 6.45) is 3.01. The molecular formula is C22H18N4O4. The van der Waals surface area contributed by atoms with Gasteiger partial charge in [-0.3, -0.25) is 9.36 Å². The zero-order valence-electron chi connectivity index (χ0n) is 16.0. The van der Waals surface area contributed by atoms with E-state index in [0.717, 1.165) is 21.9 Å². The lowest BCUT2D eigenvalue weighted by molar-refractivity contribution is -0.136. The zero-order valence-corrected chi connectivity index (χ0v) is 16.0. The van der Waals surface area contributed by atoms with Gasteiger partial charge in [-0.05, 0) is 24.3 Å². The fourth-order valence-corrected chi connectivity index (χ4v) is 4.04. The van der Waals surface area contributed by atoms with E-state index in [1.165, 1.54) is 4.57 Å². The van der Waals surface area contributed by atoms with Crippen LogP contribution in [0.1, 0.15) is 5.56 Å². The van der Waals surface area contributed by atoms with Crippen LogP contribution in [0, 0.1) is 0 Å². The number of carboxylic acid groups (broad SMARTS) is 1. The van der Waals surface area contributed by atoms with Gasteiger partial charge in [-0.15, -0.1) is 0 Å². The number of aliphatic carboxylic acids is 1. The maximum absolute atomic E-state index is 11.5. The van der Waals surface area contributed by atoms with Crippen molar-refractivity contribution in [3.8, 4) is 28.6 Å². The number of aryl methyl sites for hydroxylation is 1. The monoisotopic (exact) mass is 402 g/mol. The third-order valence-corrected chi connectivity index (χ3v) is 5.36. The van der Waals surface area contributed by atoms with Gasteiger partial charge in [-0.1, -0.05) is 18.2 Å². The fraction of sp³-hybridized carbons (Fsp3) is 0.0909. The molecule has 0 saturated heterocycles. The number of para-hydroxylation sites is 1. The minimum Gasteiger partial charge on any atom is -0.503 e. The second-order valence-corrected chi connectivity index (χ2v) is 7.18. The van der Waals surface area contributed by atoms with Crippen molar-refractivity contribution in [2.45, 2.75) is 6.42 Å². The molecular weight excluding hydrogens is 384 g/mol. The highest BCUT2D eigenvalue weighted by Crippen LogP contribution is 2.45. The first-order valence-corrected chi connectivity index (χ1v) is 9.31. The summed E-state index contributed by atoms with van der Waals surface area (Å²) in [7, 11) is 1.90. The molecule has 0 aliphatic heterocycles. The van der Waals surface area contributed by atoms with E-state index in [9.17, 15) is 20.1 Å². The molecule has 0 unspecified atom stereocenters. The predicted molar refractivity (Wildman–Crippen MR) is 112 cm³/mol. The highest BCUT2D eigenvalue weighted by Gasteiger charge is 2.28. The second kappa shape index (κ2) is 6.41. The number of hydrogen-bond acceptors (Lipinski definition) is 4. The molecule has 0 radical (unpaired) electrons. The molecule has 0 saturated carbocycles. The van der Waals surface area contributed by atoms with Crippen molar-refractivity contribution >= 4 is 27.9 Å². The van der Waals surface area contributed by atoms with Crippen molar-refractivity contribution in [3.05, 3.63) is 60.6 Å². The van der Waals surface area contributed by atoms with Crippen LogP contribution in [0.25, 0.3) is 38.9 Å². The van der Waals surface area contributed by atoms with Crippen LogP contribution in [0.5, 0.6) is 11.6 Å². The van der Waals surface area contributed by atoms with Gasteiger partial charge in [-0.2, -0.15) is 0 Å². The van der Waals surface area contributed by atoms with E-state index in [4.69, 9.17) is 0 Å². The fourth-order valence-electron chi connectivity index (χ4n) is 4.04. The summed E-state index contributed by atoms with van der Waals surface area (Å²) in [4.78, 5) is 18.8. The summed E-state index contributed by atoms with van der Waals surface area (Å²) in [5.74, 6) is -1.95. The van der Waals surface area contributed by atoms with E-state index in [1.54, 1.807) is 24.5 Å². The maximum Gasteiger partial charge on any atom is 0.308 e. The average molecular weight is 402 g/mol. The smallest absolute Gasteiger partial charge is 0.308 e. The number of aromatic amines is 1. The lowest BCUT2D eigenvalue weighted by Crippen LogP contribution is -2.03. The molecule has 0 fully saturated rings. The molecule has 0 aliphatic rings. The highest BCUT2D eigenvalue weighted by molar-refractivity contribution is 5.98. The quantitative estimate of drug-likeness (QED) is 0.367.